The van der Waals surface area contributed by atoms with Crippen LogP contribution >= 0.6 is 0 Å². The molecule has 1 nitrogen and oxygen atoms in total. The highest BCUT2D eigenvalue weighted by Crippen LogP contribution is 2.32. The summed E-state index contributed by atoms with van der Waals surface area (Å²) in [6, 6.07) is 0. The largest absolute Gasteiger partial charge is 0.330 e. The fourth-order valence-corrected chi connectivity index (χ4v) is 2.59. The van der Waals surface area contributed by atoms with Crippen molar-refractivity contribution in [1.82, 2.24) is 0 Å². The van der Waals surface area contributed by atoms with Crippen LogP contribution < -0.4 is 5.73 Å². The van der Waals surface area contributed by atoms with Gasteiger partial charge in [-0.25, -0.2) is 0 Å². The van der Waals surface area contributed by atoms with Gasteiger partial charge in [0, 0.05) is 0 Å². The molecule has 0 radical (unpaired) electrons. The number of hydrogen-bond acceptors (Lipinski definition) is 1. The van der Waals surface area contributed by atoms with E-state index in [4.69, 9.17) is 5.73 Å². The molecule has 0 amide bonds. The van der Waals surface area contributed by atoms with Crippen LogP contribution in [-0.2, 0) is 0 Å². The van der Waals surface area contributed by atoms with Gasteiger partial charge in [0.05, 0.1) is 0 Å². The van der Waals surface area contributed by atoms with Crippen molar-refractivity contribution in [3.05, 3.63) is 12.7 Å². The van der Waals surface area contributed by atoms with Gasteiger partial charge in [0.1, 0.15) is 0 Å². The van der Waals surface area contributed by atoms with Crippen LogP contribution in [0.2, 0.25) is 0 Å². The third kappa shape index (κ3) is 4.83. The van der Waals surface area contributed by atoms with Crippen molar-refractivity contribution in [2.75, 3.05) is 6.54 Å². The zero-order valence-electron chi connectivity index (χ0n) is 10.3. The molecule has 88 valence electrons. The van der Waals surface area contributed by atoms with Gasteiger partial charge in [-0.2, -0.15) is 0 Å². The Kier molecular flexibility index (Phi) is 6.00. The minimum Gasteiger partial charge on any atom is -0.330 e. The molecule has 1 aliphatic rings. The second kappa shape index (κ2) is 7.05. The molecule has 0 bridgehead atoms. The highest BCUT2D eigenvalue weighted by atomic mass is 14.5. The number of hydrogen-bond donors (Lipinski definition) is 1. The molecule has 1 saturated carbocycles. The zero-order chi connectivity index (χ0) is 11.1. The molecular formula is C14H27N. The zero-order valence-corrected chi connectivity index (χ0v) is 10.3. The van der Waals surface area contributed by atoms with E-state index in [-0.39, 0.29) is 0 Å². The normalized spacial score (nSPS) is 28.7. The predicted molar refractivity (Wildman–Crippen MR) is 67.7 cm³/mol. The standard InChI is InChI=1S/C14H27N/c1-3-13-7-9-14(10-8-13)6-4-5-12(2)11-15/h3,12-14H,1,4-11,15H2,2H3. The maximum atomic E-state index is 5.62. The highest BCUT2D eigenvalue weighted by Gasteiger charge is 2.18. The number of nitrogens with two attached hydrogens (primary N) is 1. The van der Waals surface area contributed by atoms with E-state index < -0.39 is 0 Å². The van der Waals surface area contributed by atoms with E-state index in [1.165, 1.54) is 44.9 Å². The van der Waals surface area contributed by atoms with Crippen molar-refractivity contribution in [2.45, 2.75) is 51.9 Å². The fraction of sp³-hybridized carbons (Fsp3) is 0.857. The van der Waals surface area contributed by atoms with E-state index in [9.17, 15) is 0 Å². The van der Waals surface area contributed by atoms with Crippen LogP contribution in [-0.4, -0.2) is 6.54 Å². The van der Waals surface area contributed by atoms with Crippen LogP contribution in [0.4, 0.5) is 0 Å². The minimum atomic E-state index is 0.717. The Bertz CT molecular complexity index is 168. The predicted octanol–water partition coefficient (Wildman–Crippen LogP) is 3.74. The fourth-order valence-electron chi connectivity index (χ4n) is 2.59. The Morgan fingerprint density at radius 2 is 2.00 bits per heavy atom. The van der Waals surface area contributed by atoms with E-state index in [1.54, 1.807) is 0 Å². The molecule has 1 heteroatoms. The highest BCUT2D eigenvalue weighted by molar-refractivity contribution is 4.83. The minimum absolute atomic E-state index is 0.717. The quantitative estimate of drug-likeness (QED) is 0.663. The molecule has 0 saturated heterocycles. The number of allylic oxidation sites excluding steroid dienone is 1. The molecule has 0 heterocycles. The summed E-state index contributed by atoms with van der Waals surface area (Å²) in [6.07, 6.45) is 11.9. The molecule has 0 aromatic carbocycles. The van der Waals surface area contributed by atoms with Crippen molar-refractivity contribution < 1.29 is 0 Å². The summed E-state index contributed by atoms with van der Waals surface area (Å²) < 4.78 is 0. The Labute approximate surface area is 95.1 Å². The van der Waals surface area contributed by atoms with Gasteiger partial charge in [0.15, 0.2) is 0 Å². The monoisotopic (exact) mass is 209 g/mol. The third-order valence-electron chi connectivity index (χ3n) is 3.94. The van der Waals surface area contributed by atoms with Crippen LogP contribution in [0.5, 0.6) is 0 Å². The van der Waals surface area contributed by atoms with Gasteiger partial charge >= 0.3 is 0 Å². The van der Waals surface area contributed by atoms with E-state index in [0.717, 1.165) is 24.3 Å². The van der Waals surface area contributed by atoms with E-state index >= 15 is 0 Å². The smallest absolute Gasteiger partial charge is 0.00515 e. The first kappa shape index (κ1) is 12.8. The van der Waals surface area contributed by atoms with Crippen molar-refractivity contribution in [1.29, 1.82) is 0 Å². The summed E-state index contributed by atoms with van der Waals surface area (Å²) in [5.41, 5.74) is 5.62. The maximum absolute atomic E-state index is 5.62. The van der Waals surface area contributed by atoms with Crippen LogP contribution in [0.15, 0.2) is 12.7 Å². The first-order chi connectivity index (χ1) is 7.26. The Balaban J connectivity index is 2.06. The summed E-state index contributed by atoms with van der Waals surface area (Å²) in [5, 5.41) is 0. The summed E-state index contributed by atoms with van der Waals surface area (Å²) in [7, 11) is 0. The Morgan fingerprint density at radius 3 is 2.53 bits per heavy atom. The van der Waals surface area contributed by atoms with E-state index in [2.05, 4.69) is 19.6 Å². The second-order valence-electron chi connectivity index (χ2n) is 5.29. The third-order valence-corrected chi connectivity index (χ3v) is 3.94. The molecule has 0 spiro atoms. The maximum Gasteiger partial charge on any atom is -0.00515 e. The molecule has 15 heavy (non-hydrogen) atoms. The molecule has 1 aliphatic carbocycles. The van der Waals surface area contributed by atoms with Crippen molar-refractivity contribution in [3.63, 3.8) is 0 Å². The van der Waals surface area contributed by atoms with Gasteiger partial charge in [0.2, 0.25) is 0 Å². The van der Waals surface area contributed by atoms with E-state index in [0.29, 0.717) is 0 Å². The van der Waals surface area contributed by atoms with E-state index in [1.807, 2.05) is 0 Å². The van der Waals surface area contributed by atoms with Crippen LogP contribution in [0.25, 0.3) is 0 Å². The van der Waals surface area contributed by atoms with Crippen LogP contribution in [0, 0.1) is 17.8 Å². The molecule has 1 rings (SSSR count). The lowest BCUT2D eigenvalue weighted by Gasteiger charge is -2.26. The molecular weight excluding hydrogens is 182 g/mol. The van der Waals surface area contributed by atoms with Gasteiger partial charge < -0.3 is 5.73 Å². The molecule has 0 aliphatic heterocycles. The Morgan fingerprint density at radius 1 is 1.33 bits per heavy atom. The van der Waals surface area contributed by atoms with Gasteiger partial charge in [-0.3, -0.25) is 0 Å². The molecule has 1 atom stereocenters. The van der Waals surface area contributed by atoms with Crippen molar-refractivity contribution >= 4 is 0 Å². The molecule has 2 N–H and O–H groups in total. The van der Waals surface area contributed by atoms with Crippen molar-refractivity contribution in [2.24, 2.45) is 23.5 Å². The second-order valence-corrected chi connectivity index (χ2v) is 5.29. The van der Waals surface area contributed by atoms with Crippen LogP contribution in [0.1, 0.15) is 51.9 Å². The van der Waals surface area contributed by atoms with Crippen molar-refractivity contribution in [3.8, 4) is 0 Å². The summed E-state index contributed by atoms with van der Waals surface area (Å²) >= 11 is 0. The van der Waals surface area contributed by atoms with Gasteiger partial charge in [0.25, 0.3) is 0 Å². The first-order valence-corrected chi connectivity index (χ1v) is 6.58. The average Bonchev–Trinajstić information content (AvgIpc) is 2.29. The molecule has 0 aromatic heterocycles. The Hall–Kier alpha value is -0.300. The van der Waals surface area contributed by atoms with Gasteiger partial charge in [-0.05, 0) is 56.4 Å². The lowest BCUT2D eigenvalue weighted by molar-refractivity contribution is 0.285. The SMILES string of the molecule is C=CC1CCC(CCCC(C)CN)CC1. The summed E-state index contributed by atoms with van der Waals surface area (Å²) in [5.74, 6) is 2.52. The topological polar surface area (TPSA) is 26.0 Å². The first-order valence-electron chi connectivity index (χ1n) is 6.58. The average molecular weight is 209 g/mol. The molecule has 0 aromatic rings. The summed E-state index contributed by atoms with van der Waals surface area (Å²) in [6.45, 7) is 7.00. The van der Waals surface area contributed by atoms with Gasteiger partial charge in [-0.1, -0.05) is 25.8 Å². The molecule has 1 unspecified atom stereocenters. The lowest BCUT2D eigenvalue weighted by atomic mass is 9.79. The summed E-state index contributed by atoms with van der Waals surface area (Å²) in [4.78, 5) is 0. The van der Waals surface area contributed by atoms with Gasteiger partial charge in [-0.15, -0.1) is 6.58 Å². The molecule has 1 fully saturated rings. The number of rotatable bonds is 6. The lowest BCUT2D eigenvalue weighted by Crippen LogP contribution is -2.14. The van der Waals surface area contributed by atoms with Crippen LogP contribution in [0.3, 0.4) is 0 Å².